The van der Waals surface area contributed by atoms with Crippen molar-refractivity contribution < 1.29 is 4.39 Å². The van der Waals surface area contributed by atoms with Crippen molar-refractivity contribution in [1.29, 1.82) is 0 Å². The second kappa shape index (κ2) is 9.43. The van der Waals surface area contributed by atoms with Crippen LogP contribution >= 0.6 is 22.6 Å². The molecular formula is C23H27FIN5. The molecule has 0 atom stereocenters. The maximum absolute atomic E-state index is 14.0. The maximum atomic E-state index is 14.0. The molecule has 0 spiro atoms. The van der Waals surface area contributed by atoms with E-state index in [-0.39, 0.29) is 5.82 Å². The number of nitrogens with one attached hydrogen (secondary N) is 2. The first kappa shape index (κ1) is 21.2. The molecule has 1 saturated carbocycles. The van der Waals surface area contributed by atoms with Gasteiger partial charge in [0.1, 0.15) is 11.6 Å². The highest BCUT2D eigenvalue weighted by atomic mass is 127. The van der Waals surface area contributed by atoms with E-state index in [1.165, 1.54) is 0 Å². The zero-order chi connectivity index (χ0) is 21.1. The molecule has 2 N–H and O–H groups in total. The van der Waals surface area contributed by atoms with E-state index in [1.54, 1.807) is 6.07 Å². The van der Waals surface area contributed by atoms with Crippen LogP contribution in [0.25, 0.3) is 10.9 Å². The third-order valence-corrected chi connectivity index (χ3v) is 6.33. The van der Waals surface area contributed by atoms with E-state index in [9.17, 15) is 4.39 Å². The Hall–Kier alpha value is -2.00. The van der Waals surface area contributed by atoms with Gasteiger partial charge in [-0.15, -0.1) is 0 Å². The summed E-state index contributed by atoms with van der Waals surface area (Å²) in [5, 5.41) is 8.12. The molecule has 1 fully saturated rings. The van der Waals surface area contributed by atoms with Crippen molar-refractivity contribution in [2.45, 2.75) is 44.3 Å². The summed E-state index contributed by atoms with van der Waals surface area (Å²) < 4.78 is 15.0. The van der Waals surface area contributed by atoms with Gasteiger partial charge in [0.25, 0.3) is 0 Å². The summed E-state index contributed by atoms with van der Waals surface area (Å²) in [6.07, 6.45) is 4.19. The lowest BCUT2D eigenvalue weighted by atomic mass is 9.91. The summed E-state index contributed by atoms with van der Waals surface area (Å²) in [7, 11) is 4.01. The molecule has 1 heterocycles. The minimum Gasteiger partial charge on any atom is -0.362 e. The number of anilines is 2. The highest BCUT2D eigenvalue weighted by Crippen LogP contribution is 2.26. The Kier molecular flexibility index (Phi) is 6.67. The first-order chi connectivity index (χ1) is 14.5. The Bertz CT molecular complexity index is 1020. The van der Waals surface area contributed by atoms with E-state index >= 15 is 0 Å². The molecule has 4 rings (SSSR count). The summed E-state index contributed by atoms with van der Waals surface area (Å²) in [5.74, 6) is 1.49. The molecule has 2 aromatic carbocycles. The molecule has 7 heteroatoms. The maximum Gasteiger partial charge on any atom is 0.225 e. The van der Waals surface area contributed by atoms with Crippen LogP contribution in [0.15, 0.2) is 42.5 Å². The summed E-state index contributed by atoms with van der Waals surface area (Å²) in [6, 6.07) is 14.3. The quantitative estimate of drug-likeness (QED) is 0.452. The van der Waals surface area contributed by atoms with E-state index in [2.05, 4.69) is 39.3 Å². The van der Waals surface area contributed by atoms with Gasteiger partial charge >= 0.3 is 0 Å². The summed E-state index contributed by atoms with van der Waals surface area (Å²) in [6.45, 7) is 0.575. The monoisotopic (exact) mass is 519 g/mol. The molecule has 1 aliphatic rings. The fraction of sp³-hybridized carbons (Fsp3) is 0.391. The lowest BCUT2D eigenvalue weighted by molar-refractivity contribution is 0.350. The summed E-state index contributed by atoms with van der Waals surface area (Å²) in [5.41, 5.74) is 1.69. The third kappa shape index (κ3) is 5.00. The second-order valence-corrected chi connectivity index (χ2v) is 9.34. The minimum absolute atomic E-state index is 0.130. The first-order valence-electron chi connectivity index (χ1n) is 10.4. The molecule has 0 aliphatic heterocycles. The average Bonchev–Trinajstić information content (AvgIpc) is 2.73. The normalized spacial score (nSPS) is 19.1. The van der Waals surface area contributed by atoms with Crippen molar-refractivity contribution in [2.24, 2.45) is 0 Å². The number of fused-ring (bicyclic) bond motifs is 1. The van der Waals surface area contributed by atoms with E-state index in [4.69, 9.17) is 9.97 Å². The summed E-state index contributed by atoms with van der Waals surface area (Å²) in [4.78, 5) is 11.5. The predicted molar refractivity (Wildman–Crippen MR) is 129 cm³/mol. The first-order valence-corrected chi connectivity index (χ1v) is 11.5. The van der Waals surface area contributed by atoms with Gasteiger partial charge in [-0.3, -0.25) is 0 Å². The highest BCUT2D eigenvalue weighted by Gasteiger charge is 2.22. The smallest absolute Gasteiger partial charge is 0.225 e. The van der Waals surface area contributed by atoms with Crippen LogP contribution < -0.4 is 15.5 Å². The molecule has 3 aromatic rings. The van der Waals surface area contributed by atoms with Crippen LogP contribution in [0.1, 0.15) is 31.2 Å². The predicted octanol–water partition coefficient (Wildman–Crippen LogP) is 4.95. The molecular weight excluding hydrogens is 492 g/mol. The van der Waals surface area contributed by atoms with E-state index < -0.39 is 0 Å². The number of hydrogen-bond donors (Lipinski definition) is 2. The van der Waals surface area contributed by atoms with Crippen molar-refractivity contribution in [1.82, 2.24) is 15.3 Å². The van der Waals surface area contributed by atoms with Crippen molar-refractivity contribution in [3.63, 3.8) is 0 Å². The molecule has 1 aromatic heterocycles. The molecule has 0 bridgehead atoms. The van der Waals surface area contributed by atoms with Crippen LogP contribution in [0.3, 0.4) is 0 Å². The molecule has 0 amide bonds. The Balaban J connectivity index is 1.34. The Morgan fingerprint density at radius 2 is 1.77 bits per heavy atom. The molecule has 1 aliphatic carbocycles. The van der Waals surface area contributed by atoms with Crippen LogP contribution in [-0.2, 0) is 6.54 Å². The molecule has 5 nitrogen and oxygen atoms in total. The lowest BCUT2D eigenvalue weighted by Crippen LogP contribution is -2.37. The van der Waals surface area contributed by atoms with E-state index in [0.29, 0.717) is 24.6 Å². The van der Waals surface area contributed by atoms with Crippen molar-refractivity contribution in [3.8, 4) is 0 Å². The van der Waals surface area contributed by atoms with Crippen LogP contribution in [0.2, 0.25) is 0 Å². The van der Waals surface area contributed by atoms with Gasteiger partial charge in [-0.1, -0.05) is 18.2 Å². The van der Waals surface area contributed by atoms with Gasteiger partial charge in [0.2, 0.25) is 5.95 Å². The van der Waals surface area contributed by atoms with E-state index in [1.807, 2.05) is 49.3 Å². The number of para-hydroxylation sites is 1. The SMILES string of the molecule is CN(C)c1nc(N[C@H]2CC[C@@H](NCc3ccc(I)cc3F)CC2)nc2ccccc12. The third-order valence-electron chi connectivity index (χ3n) is 5.66. The van der Waals surface area contributed by atoms with Gasteiger partial charge in [-0.2, -0.15) is 4.98 Å². The number of nitrogens with zero attached hydrogens (tertiary/aromatic N) is 3. The Labute approximate surface area is 190 Å². The molecule has 158 valence electrons. The fourth-order valence-corrected chi connectivity index (χ4v) is 4.46. The minimum atomic E-state index is -0.130. The molecule has 30 heavy (non-hydrogen) atoms. The zero-order valence-electron chi connectivity index (χ0n) is 17.3. The topological polar surface area (TPSA) is 53.1 Å². The Morgan fingerprint density at radius 3 is 2.50 bits per heavy atom. The largest absolute Gasteiger partial charge is 0.362 e. The van der Waals surface area contributed by atoms with Gasteiger partial charge in [-0.05, 0) is 72.5 Å². The van der Waals surface area contributed by atoms with Crippen molar-refractivity contribution >= 4 is 45.3 Å². The van der Waals surface area contributed by atoms with Gasteiger partial charge in [-0.25, -0.2) is 9.37 Å². The Morgan fingerprint density at radius 1 is 1.03 bits per heavy atom. The van der Waals surface area contributed by atoms with Gasteiger partial charge in [0.05, 0.1) is 5.52 Å². The fourth-order valence-electron chi connectivity index (χ4n) is 4.01. The number of aromatic nitrogens is 2. The second-order valence-electron chi connectivity index (χ2n) is 8.09. The van der Waals surface area contributed by atoms with Crippen LogP contribution in [0, 0.1) is 9.39 Å². The standard InChI is InChI=1S/C23H27FIN5/c1-30(2)22-19-5-3-4-6-21(19)28-23(29-22)27-18-11-9-17(10-12-18)26-14-15-7-8-16(25)13-20(15)24/h3-8,13,17-18,26H,9-12,14H2,1-2H3,(H,27,28,29)/t17-,18+. The number of halogens is 2. The molecule has 0 unspecified atom stereocenters. The molecule has 0 radical (unpaired) electrons. The van der Waals surface area contributed by atoms with Crippen LogP contribution in [0.4, 0.5) is 16.2 Å². The van der Waals surface area contributed by atoms with Crippen molar-refractivity contribution in [3.05, 3.63) is 57.4 Å². The summed E-state index contributed by atoms with van der Waals surface area (Å²) >= 11 is 2.13. The van der Waals surface area contributed by atoms with Gasteiger partial charge < -0.3 is 15.5 Å². The van der Waals surface area contributed by atoms with E-state index in [0.717, 1.165) is 51.5 Å². The molecule has 0 saturated heterocycles. The number of benzene rings is 2. The zero-order valence-corrected chi connectivity index (χ0v) is 19.5. The highest BCUT2D eigenvalue weighted by molar-refractivity contribution is 14.1. The lowest BCUT2D eigenvalue weighted by Gasteiger charge is -2.30. The number of rotatable bonds is 6. The van der Waals surface area contributed by atoms with Crippen molar-refractivity contribution in [2.75, 3.05) is 24.3 Å². The van der Waals surface area contributed by atoms with Gasteiger partial charge in [0, 0.05) is 47.2 Å². The average molecular weight is 519 g/mol. The van der Waals surface area contributed by atoms with Gasteiger partial charge in [0.15, 0.2) is 0 Å². The number of hydrogen-bond acceptors (Lipinski definition) is 5. The van der Waals surface area contributed by atoms with Crippen LogP contribution in [0.5, 0.6) is 0 Å². The van der Waals surface area contributed by atoms with Crippen LogP contribution in [-0.4, -0.2) is 36.1 Å².